The maximum Gasteiger partial charge on any atom is 0.275 e. The van der Waals surface area contributed by atoms with Crippen LogP contribution in [0.25, 0.3) is 4.96 Å². The molecular formula is C17H24N4OS. The van der Waals surface area contributed by atoms with Crippen LogP contribution in [0.4, 0.5) is 0 Å². The van der Waals surface area contributed by atoms with Gasteiger partial charge in [-0.15, -0.1) is 0 Å². The SMILES string of the molecule is Cc1nn2c(=O)cc(CN(CC3CCCCC3)C3CC3)nc2s1. The van der Waals surface area contributed by atoms with Gasteiger partial charge in [-0.25, -0.2) is 4.98 Å². The van der Waals surface area contributed by atoms with Gasteiger partial charge >= 0.3 is 0 Å². The Labute approximate surface area is 140 Å². The van der Waals surface area contributed by atoms with Gasteiger partial charge in [0.25, 0.3) is 5.56 Å². The molecule has 0 atom stereocenters. The molecule has 0 aromatic carbocycles. The van der Waals surface area contributed by atoms with Gasteiger partial charge in [0.15, 0.2) is 0 Å². The van der Waals surface area contributed by atoms with E-state index in [1.807, 2.05) is 6.92 Å². The molecule has 4 rings (SSSR count). The molecule has 0 bridgehead atoms. The first kappa shape index (κ1) is 15.3. The monoisotopic (exact) mass is 332 g/mol. The van der Waals surface area contributed by atoms with E-state index in [9.17, 15) is 4.79 Å². The number of aryl methyl sites for hydroxylation is 1. The third-order valence-electron chi connectivity index (χ3n) is 5.04. The van der Waals surface area contributed by atoms with Crippen molar-refractivity contribution in [2.45, 2.75) is 64.5 Å². The molecule has 2 aliphatic carbocycles. The quantitative estimate of drug-likeness (QED) is 0.844. The predicted molar refractivity (Wildman–Crippen MR) is 91.9 cm³/mol. The Morgan fingerprint density at radius 2 is 2.04 bits per heavy atom. The van der Waals surface area contributed by atoms with Gasteiger partial charge in [-0.05, 0) is 38.5 Å². The third-order valence-corrected chi connectivity index (χ3v) is 5.87. The van der Waals surface area contributed by atoms with E-state index >= 15 is 0 Å². The van der Waals surface area contributed by atoms with E-state index in [0.29, 0.717) is 6.04 Å². The Morgan fingerprint density at radius 1 is 1.26 bits per heavy atom. The molecule has 2 aromatic heterocycles. The van der Waals surface area contributed by atoms with Crippen molar-refractivity contribution in [3.63, 3.8) is 0 Å². The molecule has 2 aromatic rings. The van der Waals surface area contributed by atoms with Gasteiger partial charge in [0.1, 0.15) is 5.01 Å². The minimum atomic E-state index is -0.0530. The van der Waals surface area contributed by atoms with Crippen LogP contribution >= 0.6 is 11.3 Å². The van der Waals surface area contributed by atoms with Crippen LogP contribution in [0.2, 0.25) is 0 Å². The lowest BCUT2D eigenvalue weighted by atomic mass is 9.89. The Kier molecular flexibility index (Phi) is 4.20. The fourth-order valence-electron chi connectivity index (χ4n) is 3.72. The Morgan fingerprint density at radius 3 is 2.78 bits per heavy atom. The van der Waals surface area contributed by atoms with Crippen LogP contribution in [-0.4, -0.2) is 32.1 Å². The molecule has 0 radical (unpaired) electrons. The van der Waals surface area contributed by atoms with Crippen molar-refractivity contribution in [2.75, 3.05) is 6.54 Å². The van der Waals surface area contributed by atoms with Crippen molar-refractivity contribution in [1.82, 2.24) is 19.5 Å². The third kappa shape index (κ3) is 3.48. The lowest BCUT2D eigenvalue weighted by Crippen LogP contribution is -2.33. The van der Waals surface area contributed by atoms with Crippen molar-refractivity contribution < 1.29 is 0 Å². The predicted octanol–water partition coefficient (Wildman–Crippen LogP) is 3.00. The molecule has 0 amide bonds. The second-order valence-corrected chi connectivity index (χ2v) is 8.23. The molecular weight excluding hydrogens is 308 g/mol. The molecule has 23 heavy (non-hydrogen) atoms. The smallest absolute Gasteiger partial charge is 0.275 e. The molecule has 0 spiro atoms. The topological polar surface area (TPSA) is 50.5 Å². The number of rotatable bonds is 5. The van der Waals surface area contributed by atoms with E-state index in [-0.39, 0.29) is 5.56 Å². The summed E-state index contributed by atoms with van der Waals surface area (Å²) in [5, 5.41) is 5.10. The summed E-state index contributed by atoms with van der Waals surface area (Å²) in [5.74, 6) is 0.833. The fraction of sp³-hybridized carbons (Fsp3) is 0.706. The van der Waals surface area contributed by atoms with E-state index < -0.39 is 0 Å². The first-order chi connectivity index (χ1) is 11.2. The Bertz CT molecular complexity index is 743. The molecule has 0 aliphatic heterocycles. The molecule has 5 nitrogen and oxygen atoms in total. The van der Waals surface area contributed by atoms with E-state index in [2.05, 4.69) is 15.0 Å². The molecule has 124 valence electrons. The molecule has 2 aliphatic rings. The molecule has 0 saturated heterocycles. The Hall–Kier alpha value is -1.27. The lowest BCUT2D eigenvalue weighted by Gasteiger charge is -2.29. The van der Waals surface area contributed by atoms with Crippen LogP contribution in [0.1, 0.15) is 55.6 Å². The summed E-state index contributed by atoms with van der Waals surface area (Å²) in [5.41, 5.74) is 0.851. The zero-order chi connectivity index (χ0) is 15.8. The van der Waals surface area contributed by atoms with Crippen molar-refractivity contribution in [3.8, 4) is 0 Å². The maximum absolute atomic E-state index is 12.2. The van der Waals surface area contributed by atoms with Crippen LogP contribution in [0.3, 0.4) is 0 Å². The number of aromatic nitrogens is 3. The van der Waals surface area contributed by atoms with Crippen molar-refractivity contribution >= 4 is 16.3 Å². The Balaban J connectivity index is 1.53. The van der Waals surface area contributed by atoms with Gasteiger partial charge in [0.05, 0.1) is 5.69 Å². The number of hydrogen-bond acceptors (Lipinski definition) is 5. The van der Waals surface area contributed by atoms with Crippen LogP contribution in [0.15, 0.2) is 10.9 Å². The highest BCUT2D eigenvalue weighted by molar-refractivity contribution is 7.16. The van der Waals surface area contributed by atoms with Gasteiger partial charge in [-0.1, -0.05) is 30.6 Å². The average molecular weight is 332 g/mol. The first-order valence-corrected chi connectivity index (χ1v) is 9.61. The second kappa shape index (κ2) is 6.32. The highest BCUT2D eigenvalue weighted by atomic mass is 32.1. The normalized spacial score (nSPS) is 19.7. The first-order valence-electron chi connectivity index (χ1n) is 8.79. The highest BCUT2D eigenvalue weighted by Gasteiger charge is 2.31. The minimum Gasteiger partial charge on any atom is -0.294 e. The van der Waals surface area contributed by atoms with E-state index in [1.54, 1.807) is 6.07 Å². The standard InChI is InChI=1S/C17H24N4OS/c1-12-19-21-16(22)9-14(18-17(21)23-12)11-20(15-7-8-15)10-13-5-3-2-4-6-13/h9,13,15H,2-8,10-11H2,1H3. The lowest BCUT2D eigenvalue weighted by molar-refractivity contribution is 0.184. The van der Waals surface area contributed by atoms with Crippen molar-refractivity contribution in [3.05, 3.63) is 27.1 Å². The number of nitrogens with zero attached hydrogens (tertiary/aromatic N) is 4. The highest BCUT2D eigenvalue weighted by Crippen LogP contribution is 2.32. The summed E-state index contributed by atoms with van der Waals surface area (Å²) < 4.78 is 1.42. The zero-order valence-electron chi connectivity index (χ0n) is 13.7. The van der Waals surface area contributed by atoms with Gasteiger partial charge in [0, 0.05) is 25.2 Å². The van der Waals surface area contributed by atoms with Gasteiger partial charge in [-0.3, -0.25) is 9.69 Å². The van der Waals surface area contributed by atoms with Crippen LogP contribution in [0.5, 0.6) is 0 Å². The molecule has 0 N–H and O–H groups in total. The summed E-state index contributed by atoms with van der Waals surface area (Å²) in [7, 11) is 0. The minimum absolute atomic E-state index is 0.0530. The summed E-state index contributed by atoms with van der Waals surface area (Å²) in [6.07, 6.45) is 9.50. The van der Waals surface area contributed by atoms with Crippen LogP contribution < -0.4 is 5.56 Å². The van der Waals surface area contributed by atoms with Gasteiger partial charge < -0.3 is 0 Å². The summed E-state index contributed by atoms with van der Waals surface area (Å²) in [4.78, 5) is 20.2. The van der Waals surface area contributed by atoms with Crippen LogP contribution in [-0.2, 0) is 6.54 Å². The molecule has 2 fully saturated rings. The zero-order valence-corrected chi connectivity index (χ0v) is 14.5. The second-order valence-electron chi connectivity index (χ2n) is 7.07. The van der Waals surface area contributed by atoms with Crippen LogP contribution in [0, 0.1) is 12.8 Å². The summed E-state index contributed by atoms with van der Waals surface area (Å²) >= 11 is 1.49. The van der Waals surface area contributed by atoms with E-state index in [1.165, 1.54) is 67.3 Å². The van der Waals surface area contributed by atoms with E-state index in [0.717, 1.165) is 28.1 Å². The summed E-state index contributed by atoms with van der Waals surface area (Å²) in [6.45, 7) is 3.90. The van der Waals surface area contributed by atoms with E-state index in [4.69, 9.17) is 0 Å². The van der Waals surface area contributed by atoms with Gasteiger partial charge in [0.2, 0.25) is 4.96 Å². The molecule has 0 unspecified atom stereocenters. The van der Waals surface area contributed by atoms with Crippen molar-refractivity contribution in [2.24, 2.45) is 5.92 Å². The molecule has 6 heteroatoms. The maximum atomic E-state index is 12.2. The average Bonchev–Trinajstić information content (AvgIpc) is 3.30. The largest absolute Gasteiger partial charge is 0.294 e. The van der Waals surface area contributed by atoms with Gasteiger partial charge in [-0.2, -0.15) is 9.61 Å². The number of hydrogen-bond donors (Lipinski definition) is 0. The molecule has 2 saturated carbocycles. The molecule has 2 heterocycles. The summed E-state index contributed by atoms with van der Waals surface area (Å²) in [6, 6.07) is 2.38. The fourth-order valence-corrected chi connectivity index (χ4v) is 4.49. The number of fused-ring (bicyclic) bond motifs is 1. The van der Waals surface area contributed by atoms with Crippen molar-refractivity contribution in [1.29, 1.82) is 0 Å².